The van der Waals surface area contributed by atoms with E-state index in [9.17, 15) is 0 Å². The van der Waals surface area contributed by atoms with Crippen molar-refractivity contribution in [3.05, 3.63) is 46.7 Å². The highest BCUT2D eigenvalue weighted by atomic mass is 79.9. The predicted octanol–water partition coefficient (Wildman–Crippen LogP) is 4.33. The molecule has 1 aromatic carbocycles. The van der Waals surface area contributed by atoms with Crippen molar-refractivity contribution in [2.24, 2.45) is 0 Å². The van der Waals surface area contributed by atoms with Crippen LogP contribution in [0.2, 0.25) is 0 Å². The zero-order valence-electron chi connectivity index (χ0n) is 10.5. The number of hydrogen-bond donors (Lipinski definition) is 2. The van der Waals surface area contributed by atoms with Crippen molar-refractivity contribution in [2.75, 3.05) is 17.2 Å². The Balaban J connectivity index is 2.17. The van der Waals surface area contributed by atoms with Crippen LogP contribution < -0.4 is 10.6 Å². The molecule has 0 bridgehead atoms. The number of hydrogen-bond acceptors (Lipinski definition) is 3. The van der Waals surface area contributed by atoms with Gasteiger partial charge in [0.25, 0.3) is 0 Å². The fraction of sp³-hybridized carbons (Fsp3) is 0.214. The number of anilines is 3. The third-order valence-corrected chi connectivity index (χ3v) is 3.43. The minimum atomic E-state index is 0.890. The molecule has 2 N–H and O–H groups in total. The number of aryl methyl sites for hydroxylation is 1. The molecule has 0 atom stereocenters. The van der Waals surface area contributed by atoms with Crippen LogP contribution in [0.5, 0.6) is 0 Å². The number of pyridine rings is 1. The van der Waals surface area contributed by atoms with Gasteiger partial charge >= 0.3 is 0 Å². The van der Waals surface area contributed by atoms with Gasteiger partial charge in [-0.1, -0.05) is 22.0 Å². The van der Waals surface area contributed by atoms with E-state index < -0.39 is 0 Å². The molecule has 0 aliphatic heterocycles. The first-order valence-corrected chi connectivity index (χ1v) is 6.70. The summed E-state index contributed by atoms with van der Waals surface area (Å²) >= 11 is 3.53. The largest absolute Gasteiger partial charge is 0.384 e. The molecule has 0 radical (unpaired) electrons. The molecule has 0 fully saturated rings. The molecule has 18 heavy (non-hydrogen) atoms. The fourth-order valence-corrected chi connectivity index (χ4v) is 2.03. The van der Waals surface area contributed by atoms with Crippen LogP contribution in [0.4, 0.5) is 17.1 Å². The van der Waals surface area contributed by atoms with E-state index in [1.807, 2.05) is 18.5 Å². The summed E-state index contributed by atoms with van der Waals surface area (Å²) in [6.45, 7) is 5.03. The second-order valence-corrected chi connectivity index (χ2v) is 4.94. The van der Waals surface area contributed by atoms with Gasteiger partial charge in [0.1, 0.15) is 0 Å². The average Bonchev–Trinajstić information content (AvgIpc) is 2.35. The molecule has 0 amide bonds. The van der Waals surface area contributed by atoms with Gasteiger partial charge < -0.3 is 10.6 Å². The van der Waals surface area contributed by atoms with Gasteiger partial charge in [-0.3, -0.25) is 4.98 Å². The first-order valence-electron chi connectivity index (χ1n) is 5.91. The molecule has 0 aliphatic carbocycles. The van der Waals surface area contributed by atoms with Crippen molar-refractivity contribution in [2.45, 2.75) is 13.8 Å². The Labute approximate surface area is 116 Å². The summed E-state index contributed by atoms with van der Waals surface area (Å²) in [6, 6.07) is 8.24. The van der Waals surface area contributed by atoms with E-state index >= 15 is 0 Å². The Hall–Kier alpha value is -1.55. The van der Waals surface area contributed by atoms with Crippen molar-refractivity contribution in [3.63, 3.8) is 0 Å². The number of halogens is 1. The van der Waals surface area contributed by atoms with E-state index in [0.717, 1.165) is 28.1 Å². The molecule has 0 unspecified atom stereocenters. The molecule has 4 heteroatoms. The first kappa shape index (κ1) is 12.9. The monoisotopic (exact) mass is 305 g/mol. The number of rotatable bonds is 4. The standard InChI is InChI=1S/C14H16BrN3/c1-3-17-12-6-13(9-16-8-12)18-11-5-4-10(2)14(15)7-11/h4-9,17-18H,3H2,1-2H3. The highest BCUT2D eigenvalue weighted by Crippen LogP contribution is 2.24. The van der Waals surface area contributed by atoms with Crippen LogP contribution in [0, 0.1) is 6.92 Å². The van der Waals surface area contributed by atoms with Crippen molar-refractivity contribution < 1.29 is 0 Å². The maximum Gasteiger partial charge on any atom is 0.0591 e. The smallest absolute Gasteiger partial charge is 0.0591 e. The summed E-state index contributed by atoms with van der Waals surface area (Å²) in [5.41, 5.74) is 4.26. The zero-order chi connectivity index (χ0) is 13.0. The normalized spacial score (nSPS) is 10.2. The maximum absolute atomic E-state index is 4.20. The highest BCUT2D eigenvalue weighted by molar-refractivity contribution is 9.10. The second-order valence-electron chi connectivity index (χ2n) is 4.08. The molecule has 3 nitrogen and oxygen atoms in total. The molecule has 2 aromatic rings. The van der Waals surface area contributed by atoms with Crippen molar-refractivity contribution >= 4 is 33.0 Å². The zero-order valence-corrected chi connectivity index (χ0v) is 12.1. The minimum absolute atomic E-state index is 0.890. The van der Waals surface area contributed by atoms with E-state index in [2.05, 4.69) is 63.6 Å². The third kappa shape index (κ3) is 3.23. The van der Waals surface area contributed by atoms with Crippen LogP contribution in [0.15, 0.2) is 41.1 Å². The summed E-state index contributed by atoms with van der Waals surface area (Å²) < 4.78 is 1.10. The maximum atomic E-state index is 4.20. The molecular weight excluding hydrogens is 290 g/mol. The molecule has 0 saturated carbocycles. The lowest BCUT2D eigenvalue weighted by atomic mass is 10.2. The van der Waals surface area contributed by atoms with Gasteiger partial charge in [-0.05, 0) is 37.6 Å². The van der Waals surface area contributed by atoms with E-state index in [0.29, 0.717) is 0 Å². The molecule has 1 heterocycles. The predicted molar refractivity (Wildman–Crippen MR) is 80.6 cm³/mol. The summed E-state index contributed by atoms with van der Waals surface area (Å²) in [4.78, 5) is 4.20. The lowest BCUT2D eigenvalue weighted by Crippen LogP contribution is -1.98. The minimum Gasteiger partial charge on any atom is -0.384 e. The van der Waals surface area contributed by atoms with Crippen molar-refractivity contribution in [1.82, 2.24) is 4.98 Å². The van der Waals surface area contributed by atoms with Crippen LogP contribution in [-0.2, 0) is 0 Å². The summed E-state index contributed by atoms with van der Waals surface area (Å²) in [6.07, 6.45) is 3.63. The highest BCUT2D eigenvalue weighted by Gasteiger charge is 2.00. The fourth-order valence-electron chi connectivity index (χ4n) is 1.65. The van der Waals surface area contributed by atoms with Gasteiger partial charge in [-0.2, -0.15) is 0 Å². The van der Waals surface area contributed by atoms with Crippen LogP contribution >= 0.6 is 15.9 Å². The quantitative estimate of drug-likeness (QED) is 0.883. The van der Waals surface area contributed by atoms with E-state index in [-0.39, 0.29) is 0 Å². The SMILES string of the molecule is CCNc1cncc(Nc2ccc(C)c(Br)c2)c1. The Morgan fingerprint density at radius 2 is 1.89 bits per heavy atom. The van der Waals surface area contributed by atoms with Crippen LogP contribution in [0.3, 0.4) is 0 Å². The molecule has 0 spiro atoms. The summed E-state index contributed by atoms with van der Waals surface area (Å²) in [5.74, 6) is 0. The summed E-state index contributed by atoms with van der Waals surface area (Å²) in [5, 5.41) is 6.58. The van der Waals surface area contributed by atoms with E-state index in [4.69, 9.17) is 0 Å². The first-order chi connectivity index (χ1) is 8.69. The number of nitrogens with zero attached hydrogens (tertiary/aromatic N) is 1. The molecule has 2 rings (SSSR count). The van der Waals surface area contributed by atoms with Crippen molar-refractivity contribution in [3.8, 4) is 0 Å². The Kier molecular flexibility index (Phi) is 4.20. The molecule has 0 saturated heterocycles. The van der Waals surface area contributed by atoms with Crippen LogP contribution in [0.1, 0.15) is 12.5 Å². The lowest BCUT2D eigenvalue weighted by molar-refractivity contribution is 1.19. The average molecular weight is 306 g/mol. The van der Waals surface area contributed by atoms with E-state index in [1.54, 1.807) is 0 Å². The lowest BCUT2D eigenvalue weighted by Gasteiger charge is -2.09. The van der Waals surface area contributed by atoms with Crippen LogP contribution in [0.25, 0.3) is 0 Å². The molecule has 94 valence electrons. The van der Waals surface area contributed by atoms with Gasteiger partial charge in [0.2, 0.25) is 0 Å². The van der Waals surface area contributed by atoms with Gasteiger partial charge in [-0.25, -0.2) is 0 Å². The molecule has 0 aliphatic rings. The van der Waals surface area contributed by atoms with Gasteiger partial charge in [-0.15, -0.1) is 0 Å². The summed E-state index contributed by atoms with van der Waals surface area (Å²) in [7, 11) is 0. The Morgan fingerprint density at radius 1 is 1.11 bits per heavy atom. The Morgan fingerprint density at radius 3 is 2.61 bits per heavy atom. The van der Waals surface area contributed by atoms with Gasteiger partial charge in [0.15, 0.2) is 0 Å². The van der Waals surface area contributed by atoms with E-state index in [1.165, 1.54) is 5.56 Å². The van der Waals surface area contributed by atoms with Gasteiger partial charge in [0, 0.05) is 16.7 Å². The van der Waals surface area contributed by atoms with Crippen LogP contribution in [-0.4, -0.2) is 11.5 Å². The molecule has 1 aromatic heterocycles. The molecular formula is C14H16BrN3. The number of nitrogens with one attached hydrogen (secondary N) is 2. The second kappa shape index (κ2) is 5.87. The topological polar surface area (TPSA) is 37.0 Å². The van der Waals surface area contributed by atoms with Gasteiger partial charge in [0.05, 0.1) is 23.8 Å². The number of benzene rings is 1. The Bertz CT molecular complexity index is 540. The van der Waals surface area contributed by atoms with Crippen molar-refractivity contribution in [1.29, 1.82) is 0 Å². The third-order valence-electron chi connectivity index (χ3n) is 2.58. The number of aromatic nitrogens is 1.